The van der Waals surface area contributed by atoms with Gasteiger partial charge in [0.25, 0.3) is 0 Å². The third-order valence-electron chi connectivity index (χ3n) is 1.56. The van der Waals surface area contributed by atoms with Gasteiger partial charge in [-0.15, -0.1) is 0 Å². The zero-order valence-electron chi connectivity index (χ0n) is 7.02. The van der Waals surface area contributed by atoms with Crippen LogP contribution in [0.25, 0.3) is 4.98 Å². The number of phenolic OH excluding ortho intramolecular Hbond substituents is 1. The number of rotatable bonds is 1. The zero-order valence-corrected chi connectivity index (χ0v) is 7.02. The second-order valence-electron chi connectivity index (χ2n) is 2.67. The lowest BCUT2D eigenvalue weighted by atomic mass is 10.2. The highest BCUT2D eigenvalue weighted by Gasteiger charge is 2.10. The van der Waals surface area contributed by atoms with Crippen LogP contribution in [0.3, 0.4) is 0 Å². The second-order valence-corrected chi connectivity index (χ2v) is 2.67. The molecule has 1 aromatic rings. The number of benzene rings is 1. The zero-order chi connectivity index (χ0) is 9.14. The van der Waals surface area contributed by atoms with Gasteiger partial charge in [0.15, 0.2) is 4.98 Å². The molecule has 12 heavy (non-hydrogen) atoms. The molecule has 0 spiro atoms. The summed E-state index contributed by atoms with van der Waals surface area (Å²) in [5, 5.41) is 17.8. The van der Waals surface area contributed by atoms with Crippen LogP contribution in [0.5, 0.6) is 5.75 Å². The average molecular weight is 164 g/mol. The highest BCUT2D eigenvalue weighted by molar-refractivity contribution is 5.65. The van der Waals surface area contributed by atoms with Crippen LogP contribution in [-0.2, 0) is 0 Å². The van der Waals surface area contributed by atoms with E-state index in [0.717, 1.165) is 0 Å². The van der Waals surface area contributed by atoms with Gasteiger partial charge in [-0.2, -0.15) is 0 Å². The van der Waals surface area contributed by atoms with Crippen LogP contribution in [0.2, 0.25) is 0 Å². The van der Waals surface area contributed by atoms with E-state index in [1.165, 1.54) is 12.1 Å². The van der Waals surface area contributed by atoms with Crippen molar-refractivity contribution in [3.05, 3.63) is 23.2 Å². The van der Waals surface area contributed by atoms with Crippen LogP contribution in [0.4, 0.5) is 11.4 Å². The monoisotopic (exact) mass is 164 g/mol. The molecule has 62 valence electrons. The number of anilines is 1. The normalized spacial score (nSPS) is 9.08. The number of hydrogen-bond acceptors (Lipinski definition) is 3. The topological polar surface area (TPSA) is 51.6 Å². The van der Waals surface area contributed by atoms with Crippen molar-refractivity contribution < 1.29 is 5.11 Å². The first-order valence-electron chi connectivity index (χ1n) is 3.50. The maximum atomic E-state index is 9.34. The van der Waals surface area contributed by atoms with Crippen molar-refractivity contribution in [2.75, 3.05) is 19.0 Å². The van der Waals surface area contributed by atoms with Gasteiger partial charge < -0.3 is 10.0 Å². The van der Waals surface area contributed by atoms with Gasteiger partial charge in [-0.1, -0.05) is 0 Å². The van der Waals surface area contributed by atoms with Crippen LogP contribution >= 0.6 is 0 Å². The summed E-state index contributed by atoms with van der Waals surface area (Å²) in [7, 11) is 3.60. The highest BCUT2D eigenvalue weighted by Crippen LogP contribution is 2.29. The predicted octanol–water partition coefficient (Wildman–Crippen LogP) is 1.94. The number of nitrogens with zero attached hydrogens (tertiary/aromatic N) is 3. The van der Waals surface area contributed by atoms with Crippen molar-refractivity contribution in [2.45, 2.75) is 0 Å². The lowest BCUT2D eigenvalue weighted by Gasteiger charge is -2.11. The largest absolute Gasteiger partial charge is 0.506 e. The Balaban J connectivity index is 3.19. The van der Waals surface area contributed by atoms with Crippen molar-refractivity contribution in [3.8, 4) is 5.75 Å². The molecule has 4 heteroatoms. The quantitative estimate of drug-likeness (QED) is 0.645. The Morgan fingerprint density at radius 2 is 2.08 bits per heavy atom. The molecule has 0 heterocycles. The summed E-state index contributed by atoms with van der Waals surface area (Å²) in [5.74, 6) is 0.174. The minimum absolute atomic E-state index is 0.174. The minimum Gasteiger partial charge on any atom is -0.506 e. The molecule has 0 bridgehead atoms. The molecule has 1 aromatic carbocycles. The summed E-state index contributed by atoms with van der Waals surface area (Å²) in [6.45, 7) is 0. The Labute approximate surface area is 70.7 Å². The van der Waals surface area contributed by atoms with Crippen LogP contribution in [0.1, 0.15) is 0 Å². The van der Waals surface area contributed by atoms with E-state index >= 15 is 0 Å². The van der Waals surface area contributed by atoms with Crippen molar-refractivity contribution in [1.29, 1.82) is 5.39 Å². The van der Waals surface area contributed by atoms with Gasteiger partial charge in [-0.3, -0.25) is 0 Å². The fourth-order valence-corrected chi connectivity index (χ4v) is 0.932. The third kappa shape index (κ3) is 1.45. The Bertz CT molecular complexity index is 328. The lowest BCUT2D eigenvalue weighted by molar-refractivity contribution is 0.476. The summed E-state index contributed by atoms with van der Waals surface area (Å²) >= 11 is 0. The smallest absolute Gasteiger partial charge is 0.387 e. The fraction of sp³-hybridized carbons (Fsp3) is 0.250. The molecular formula is C8H10N3O+. The van der Waals surface area contributed by atoms with Crippen LogP contribution in [-0.4, -0.2) is 19.2 Å². The SMILES string of the molecule is CN(C)c1cc([N+]#N)ccc1O. The molecule has 0 aromatic heterocycles. The van der Waals surface area contributed by atoms with E-state index in [4.69, 9.17) is 5.39 Å². The highest BCUT2D eigenvalue weighted by atomic mass is 16.3. The van der Waals surface area contributed by atoms with Gasteiger partial charge in [0.05, 0.1) is 11.8 Å². The summed E-state index contributed by atoms with van der Waals surface area (Å²) in [6.07, 6.45) is 0. The number of diazo groups is 1. The number of phenols is 1. The molecule has 0 aliphatic carbocycles. The Morgan fingerprint density at radius 3 is 2.58 bits per heavy atom. The molecule has 0 aliphatic heterocycles. The van der Waals surface area contributed by atoms with Gasteiger partial charge in [0, 0.05) is 20.2 Å². The molecule has 0 fully saturated rings. The van der Waals surface area contributed by atoms with Crippen molar-refractivity contribution in [2.24, 2.45) is 0 Å². The van der Waals surface area contributed by atoms with Gasteiger partial charge in [-0.25, -0.2) is 0 Å². The van der Waals surface area contributed by atoms with Gasteiger partial charge >= 0.3 is 5.69 Å². The Kier molecular flexibility index (Phi) is 2.15. The van der Waals surface area contributed by atoms with Crippen molar-refractivity contribution >= 4 is 11.4 Å². The van der Waals surface area contributed by atoms with Crippen LogP contribution in [0.15, 0.2) is 18.2 Å². The Morgan fingerprint density at radius 1 is 1.42 bits per heavy atom. The van der Waals surface area contributed by atoms with E-state index in [0.29, 0.717) is 11.4 Å². The molecule has 0 amide bonds. The molecule has 1 N–H and O–H groups in total. The predicted molar refractivity (Wildman–Crippen MR) is 47.2 cm³/mol. The number of hydrogen-bond donors (Lipinski definition) is 1. The summed E-state index contributed by atoms with van der Waals surface area (Å²) in [5.41, 5.74) is 1.06. The van der Waals surface area contributed by atoms with Crippen molar-refractivity contribution in [1.82, 2.24) is 0 Å². The minimum atomic E-state index is 0.174. The van der Waals surface area contributed by atoms with Gasteiger partial charge in [-0.05, 0) is 6.07 Å². The molecule has 4 nitrogen and oxygen atoms in total. The van der Waals surface area contributed by atoms with E-state index in [2.05, 4.69) is 4.98 Å². The molecular weight excluding hydrogens is 154 g/mol. The first kappa shape index (κ1) is 8.34. The molecule has 0 unspecified atom stereocenters. The van der Waals surface area contributed by atoms with E-state index < -0.39 is 0 Å². The maximum Gasteiger partial charge on any atom is 0.387 e. The Hall–Kier alpha value is -1.76. The van der Waals surface area contributed by atoms with E-state index in [-0.39, 0.29) is 5.75 Å². The molecule has 0 aliphatic rings. The van der Waals surface area contributed by atoms with E-state index in [1.807, 2.05) is 0 Å². The first-order valence-corrected chi connectivity index (χ1v) is 3.50. The average Bonchev–Trinajstić information content (AvgIpc) is 2.05. The first-order chi connectivity index (χ1) is 5.65. The molecule has 1 rings (SSSR count). The summed E-state index contributed by atoms with van der Waals surface area (Å²) < 4.78 is 0. The summed E-state index contributed by atoms with van der Waals surface area (Å²) in [6, 6.07) is 4.61. The van der Waals surface area contributed by atoms with Crippen LogP contribution in [0, 0.1) is 5.39 Å². The third-order valence-corrected chi connectivity index (χ3v) is 1.56. The fourth-order valence-electron chi connectivity index (χ4n) is 0.932. The van der Waals surface area contributed by atoms with Crippen molar-refractivity contribution in [3.63, 3.8) is 0 Å². The van der Waals surface area contributed by atoms with Crippen LogP contribution < -0.4 is 4.90 Å². The van der Waals surface area contributed by atoms with E-state index in [9.17, 15) is 5.11 Å². The van der Waals surface area contributed by atoms with E-state index in [1.54, 1.807) is 25.1 Å². The molecule has 0 radical (unpaired) electrons. The van der Waals surface area contributed by atoms with Gasteiger partial charge in [0.1, 0.15) is 5.75 Å². The lowest BCUT2D eigenvalue weighted by Crippen LogP contribution is -2.08. The molecule has 0 atom stereocenters. The maximum absolute atomic E-state index is 9.34. The van der Waals surface area contributed by atoms with Gasteiger partial charge in [0.2, 0.25) is 5.39 Å². The summed E-state index contributed by atoms with van der Waals surface area (Å²) in [4.78, 5) is 4.76. The second kappa shape index (κ2) is 3.09. The standard InChI is InChI=1S/C8H9N3O/c1-11(2)7-5-6(10-9)3-4-8(7)12/h3-5H,1-2H3/p+1. The number of aromatic hydroxyl groups is 1. The molecule has 0 saturated heterocycles. The molecule has 0 saturated carbocycles.